The van der Waals surface area contributed by atoms with E-state index >= 15 is 0 Å². The summed E-state index contributed by atoms with van der Waals surface area (Å²) >= 11 is 1.48. The predicted octanol–water partition coefficient (Wildman–Crippen LogP) is 3.12. The van der Waals surface area contributed by atoms with Gasteiger partial charge in [-0.15, -0.1) is 11.3 Å². The van der Waals surface area contributed by atoms with Crippen molar-refractivity contribution in [1.29, 1.82) is 0 Å². The van der Waals surface area contributed by atoms with Crippen molar-refractivity contribution in [3.63, 3.8) is 0 Å². The van der Waals surface area contributed by atoms with Crippen molar-refractivity contribution < 1.29 is 9.18 Å². The lowest BCUT2D eigenvalue weighted by Crippen LogP contribution is -2.15. The molecule has 0 aliphatic rings. The largest absolute Gasteiger partial charge is 0.371 e. The van der Waals surface area contributed by atoms with Gasteiger partial charge in [0.25, 0.3) is 5.91 Å². The quantitative estimate of drug-likeness (QED) is 0.780. The number of anilines is 2. The average Bonchev–Trinajstić information content (AvgIpc) is 2.95. The number of hydrogen-bond acceptors (Lipinski definition) is 5. The fourth-order valence-electron chi connectivity index (χ4n) is 1.92. The molecule has 0 saturated heterocycles. The summed E-state index contributed by atoms with van der Waals surface area (Å²) in [5, 5.41) is 5.28. The van der Waals surface area contributed by atoms with E-state index in [0.29, 0.717) is 5.69 Å². The molecule has 0 spiro atoms. The first-order chi connectivity index (χ1) is 10.2. The highest BCUT2D eigenvalue weighted by Crippen LogP contribution is 2.23. The van der Waals surface area contributed by atoms with E-state index in [2.05, 4.69) is 20.6 Å². The summed E-state index contributed by atoms with van der Waals surface area (Å²) in [4.78, 5) is 20.1. The Morgan fingerprint density at radius 2 is 2.14 bits per heavy atom. The molecule has 2 aromatic heterocycles. The van der Waals surface area contributed by atoms with Gasteiger partial charge in [0, 0.05) is 18.9 Å². The number of aromatic nitrogens is 2. The van der Waals surface area contributed by atoms with Crippen LogP contribution >= 0.6 is 11.3 Å². The highest BCUT2D eigenvalue weighted by Gasteiger charge is 2.15. The fourth-order valence-corrected chi connectivity index (χ4v) is 2.64. The monoisotopic (exact) mass is 302 g/mol. The first-order valence-corrected chi connectivity index (χ1v) is 7.04. The number of nitrogens with one attached hydrogen (secondary N) is 2. The van der Waals surface area contributed by atoms with Gasteiger partial charge in [-0.2, -0.15) is 0 Å². The highest BCUT2D eigenvalue weighted by molar-refractivity contribution is 7.16. The Morgan fingerprint density at radius 1 is 1.29 bits per heavy atom. The molecule has 0 aliphatic carbocycles. The van der Waals surface area contributed by atoms with Crippen LogP contribution in [0.4, 0.5) is 15.9 Å². The molecule has 7 heteroatoms. The molecule has 0 bridgehead atoms. The van der Waals surface area contributed by atoms with Crippen LogP contribution in [0.3, 0.4) is 0 Å². The van der Waals surface area contributed by atoms with Crippen molar-refractivity contribution in [3.05, 3.63) is 47.4 Å². The molecule has 106 valence electrons. The number of thiazole rings is 1. The number of amides is 1. The van der Waals surface area contributed by atoms with Crippen LogP contribution < -0.4 is 10.6 Å². The van der Waals surface area contributed by atoms with E-state index in [9.17, 15) is 9.18 Å². The second-order valence-corrected chi connectivity index (χ2v) is 5.15. The number of halogens is 1. The number of pyridine rings is 1. The van der Waals surface area contributed by atoms with Crippen molar-refractivity contribution in [3.8, 4) is 0 Å². The Morgan fingerprint density at radius 3 is 2.95 bits per heavy atom. The normalized spacial score (nSPS) is 10.6. The Bertz CT molecular complexity index is 818. The van der Waals surface area contributed by atoms with Crippen molar-refractivity contribution in [2.45, 2.75) is 0 Å². The summed E-state index contributed by atoms with van der Waals surface area (Å²) in [6.45, 7) is 0. The molecule has 5 nitrogen and oxygen atoms in total. The maximum atomic E-state index is 14.0. The van der Waals surface area contributed by atoms with Crippen molar-refractivity contribution in [1.82, 2.24) is 9.97 Å². The number of benzene rings is 1. The smallest absolute Gasteiger partial charge is 0.258 e. The number of carbonyl (C=O) groups excluding carboxylic acids is 1. The van der Waals surface area contributed by atoms with E-state index in [0.717, 1.165) is 10.2 Å². The van der Waals surface area contributed by atoms with Crippen LogP contribution in [0.2, 0.25) is 0 Å². The van der Waals surface area contributed by atoms with Gasteiger partial charge in [-0.1, -0.05) is 0 Å². The standard InChI is InChI=1S/C14H11FN4OS/c1-16-13-12(15)9(4-5-17-13)14(20)19-8-2-3-10-11(6-8)21-7-18-10/h2-7H,1H3,(H,16,17)(H,19,20). The Labute approximate surface area is 123 Å². The van der Waals surface area contributed by atoms with Gasteiger partial charge in [0.1, 0.15) is 0 Å². The van der Waals surface area contributed by atoms with E-state index < -0.39 is 11.7 Å². The average molecular weight is 302 g/mol. The van der Waals surface area contributed by atoms with Crippen LogP contribution in [0, 0.1) is 5.82 Å². The van der Waals surface area contributed by atoms with Gasteiger partial charge in [-0.3, -0.25) is 4.79 Å². The molecule has 2 N–H and O–H groups in total. The Kier molecular flexibility index (Phi) is 3.49. The zero-order valence-electron chi connectivity index (χ0n) is 11.1. The molecule has 0 aliphatic heterocycles. The Balaban J connectivity index is 1.89. The number of nitrogens with zero attached hydrogens (tertiary/aromatic N) is 2. The second kappa shape index (κ2) is 5.45. The number of fused-ring (bicyclic) bond motifs is 1. The molecule has 1 aromatic carbocycles. The van der Waals surface area contributed by atoms with Crippen LogP contribution in [-0.4, -0.2) is 22.9 Å². The molecule has 0 radical (unpaired) electrons. The zero-order valence-corrected chi connectivity index (χ0v) is 11.9. The van der Waals surface area contributed by atoms with Crippen molar-refractivity contribution in [2.75, 3.05) is 17.7 Å². The summed E-state index contributed by atoms with van der Waals surface area (Å²) < 4.78 is 15.0. The molecule has 21 heavy (non-hydrogen) atoms. The SMILES string of the molecule is CNc1nccc(C(=O)Nc2ccc3ncsc3c2)c1F. The lowest BCUT2D eigenvalue weighted by molar-refractivity contribution is 0.102. The molecule has 2 heterocycles. The highest BCUT2D eigenvalue weighted by atomic mass is 32.1. The summed E-state index contributed by atoms with van der Waals surface area (Å²) in [5.41, 5.74) is 3.14. The maximum Gasteiger partial charge on any atom is 0.258 e. The molecule has 0 fully saturated rings. The van der Waals surface area contributed by atoms with Gasteiger partial charge in [0.05, 0.1) is 21.3 Å². The second-order valence-electron chi connectivity index (χ2n) is 4.26. The molecular weight excluding hydrogens is 291 g/mol. The topological polar surface area (TPSA) is 66.9 Å². The van der Waals surface area contributed by atoms with E-state index in [1.54, 1.807) is 18.6 Å². The fraction of sp³-hybridized carbons (Fsp3) is 0.0714. The van der Waals surface area contributed by atoms with Gasteiger partial charge in [-0.25, -0.2) is 14.4 Å². The summed E-state index contributed by atoms with van der Waals surface area (Å²) in [6.07, 6.45) is 1.39. The van der Waals surface area contributed by atoms with Crippen LogP contribution in [-0.2, 0) is 0 Å². The third-order valence-electron chi connectivity index (χ3n) is 2.96. The Hall–Kier alpha value is -2.54. The maximum absolute atomic E-state index is 14.0. The minimum absolute atomic E-state index is 0.0422. The lowest BCUT2D eigenvalue weighted by atomic mass is 10.2. The number of carbonyl (C=O) groups is 1. The van der Waals surface area contributed by atoms with Crippen LogP contribution in [0.25, 0.3) is 10.2 Å². The van der Waals surface area contributed by atoms with Crippen molar-refractivity contribution in [2.24, 2.45) is 0 Å². The number of hydrogen-bond donors (Lipinski definition) is 2. The molecule has 0 saturated carbocycles. The van der Waals surface area contributed by atoms with E-state index in [1.807, 2.05) is 12.1 Å². The van der Waals surface area contributed by atoms with Crippen LogP contribution in [0.15, 0.2) is 36.0 Å². The third-order valence-corrected chi connectivity index (χ3v) is 3.75. The van der Waals surface area contributed by atoms with Crippen molar-refractivity contribution >= 4 is 39.0 Å². The summed E-state index contributed by atoms with van der Waals surface area (Å²) in [7, 11) is 1.55. The van der Waals surface area contributed by atoms with Gasteiger partial charge in [-0.05, 0) is 24.3 Å². The van der Waals surface area contributed by atoms with Gasteiger partial charge < -0.3 is 10.6 Å². The third kappa shape index (κ3) is 2.55. The lowest BCUT2D eigenvalue weighted by Gasteiger charge is -2.08. The molecule has 3 rings (SSSR count). The minimum Gasteiger partial charge on any atom is -0.371 e. The number of rotatable bonds is 3. The molecule has 0 atom stereocenters. The van der Waals surface area contributed by atoms with Gasteiger partial charge in [0.15, 0.2) is 11.6 Å². The zero-order chi connectivity index (χ0) is 14.8. The molecule has 1 amide bonds. The molecular formula is C14H11FN4OS. The minimum atomic E-state index is -0.670. The molecule has 3 aromatic rings. The summed E-state index contributed by atoms with van der Waals surface area (Å²) in [6, 6.07) is 6.70. The van der Waals surface area contributed by atoms with E-state index in [4.69, 9.17) is 0 Å². The first-order valence-electron chi connectivity index (χ1n) is 6.16. The van der Waals surface area contributed by atoms with Crippen LogP contribution in [0.1, 0.15) is 10.4 Å². The molecule has 0 unspecified atom stereocenters. The summed E-state index contributed by atoms with van der Waals surface area (Å²) in [5.74, 6) is -1.15. The van der Waals surface area contributed by atoms with E-state index in [-0.39, 0.29) is 11.4 Å². The first kappa shape index (κ1) is 13.4. The van der Waals surface area contributed by atoms with E-state index in [1.165, 1.54) is 23.6 Å². The van der Waals surface area contributed by atoms with Gasteiger partial charge in [0.2, 0.25) is 0 Å². The van der Waals surface area contributed by atoms with Crippen LogP contribution in [0.5, 0.6) is 0 Å². The van der Waals surface area contributed by atoms with Gasteiger partial charge >= 0.3 is 0 Å². The predicted molar refractivity (Wildman–Crippen MR) is 81.3 cm³/mol.